The maximum Gasteiger partial charge on any atom is 0.151 e. The number of aliphatic imine (C=N–C) groups is 3. The maximum atomic E-state index is 4.62. The Morgan fingerprint density at radius 2 is 1.79 bits per heavy atom. The van der Waals surface area contributed by atoms with E-state index in [0.717, 1.165) is 23.5 Å². The smallest absolute Gasteiger partial charge is 0.151 e. The van der Waals surface area contributed by atoms with Crippen LogP contribution in [0.25, 0.3) is 0 Å². The summed E-state index contributed by atoms with van der Waals surface area (Å²) >= 11 is 0. The average molecular weight is 316 g/mol. The van der Waals surface area contributed by atoms with Crippen molar-refractivity contribution < 1.29 is 0 Å². The number of nitrogens with zero attached hydrogens (tertiary/aromatic N) is 4. The van der Waals surface area contributed by atoms with Gasteiger partial charge in [0.05, 0.1) is 29.5 Å². The molecule has 24 heavy (non-hydrogen) atoms. The molecule has 1 aromatic carbocycles. The molecule has 1 aliphatic rings. The van der Waals surface area contributed by atoms with E-state index in [1.165, 1.54) is 16.7 Å². The summed E-state index contributed by atoms with van der Waals surface area (Å²) in [4.78, 5) is 17.7. The summed E-state index contributed by atoms with van der Waals surface area (Å²) in [6, 6.07) is 9.95. The molecule has 0 aliphatic carbocycles. The third-order valence-corrected chi connectivity index (χ3v) is 3.75. The van der Waals surface area contributed by atoms with Gasteiger partial charge in [0.2, 0.25) is 0 Å². The first kappa shape index (κ1) is 16.0. The summed E-state index contributed by atoms with van der Waals surface area (Å²) in [7, 11) is 0. The van der Waals surface area contributed by atoms with Gasteiger partial charge in [-0.25, -0.2) is 9.98 Å². The molecule has 0 N–H and O–H groups in total. The van der Waals surface area contributed by atoms with Crippen molar-refractivity contribution >= 4 is 29.6 Å². The highest BCUT2D eigenvalue weighted by molar-refractivity contribution is 6.33. The normalized spacial score (nSPS) is 14.5. The standard InChI is InChI=1S/C20H20N4/c1-14-10-15(2)20(16(3)11-14)23-13-18-8-7-17(24-18)12-22-19-6-4-5-9-21-19/h4-6,8-13H,7H2,1-3H3/b22-12+,23-13?. The Hall–Kier alpha value is -2.88. The molecule has 3 rings (SSSR count). The molecule has 0 radical (unpaired) electrons. The summed E-state index contributed by atoms with van der Waals surface area (Å²) < 4.78 is 0. The predicted molar refractivity (Wildman–Crippen MR) is 101 cm³/mol. The van der Waals surface area contributed by atoms with Crippen LogP contribution in [0.15, 0.2) is 63.3 Å². The highest BCUT2D eigenvalue weighted by Gasteiger charge is 2.06. The maximum absolute atomic E-state index is 4.62. The first-order chi connectivity index (χ1) is 11.6. The highest BCUT2D eigenvalue weighted by atomic mass is 14.9. The topological polar surface area (TPSA) is 50.0 Å². The molecule has 120 valence electrons. The van der Waals surface area contributed by atoms with E-state index < -0.39 is 0 Å². The fourth-order valence-electron chi connectivity index (χ4n) is 2.71. The molecular formula is C20H20N4. The van der Waals surface area contributed by atoms with Crippen LogP contribution in [0, 0.1) is 20.8 Å². The van der Waals surface area contributed by atoms with Gasteiger partial charge in [-0.3, -0.25) is 9.98 Å². The molecule has 2 aromatic rings. The van der Waals surface area contributed by atoms with Crippen molar-refractivity contribution in [2.24, 2.45) is 15.0 Å². The molecule has 0 amide bonds. The zero-order valence-corrected chi connectivity index (χ0v) is 14.2. The van der Waals surface area contributed by atoms with E-state index in [-0.39, 0.29) is 0 Å². The number of allylic oxidation sites excluding steroid dienone is 2. The number of pyridine rings is 1. The number of hydrogen-bond acceptors (Lipinski definition) is 4. The lowest BCUT2D eigenvalue weighted by Gasteiger charge is -2.06. The van der Waals surface area contributed by atoms with E-state index in [0.29, 0.717) is 5.82 Å². The van der Waals surface area contributed by atoms with Gasteiger partial charge in [-0.2, -0.15) is 0 Å². The molecule has 4 nitrogen and oxygen atoms in total. The zero-order valence-electron chi connectivity index (χ0n) is 14.2. The molecule has 2 heterocycles. The van der Waals surface area contributed by atoms with E-state index >= 15 is 0 Å². The largest absolute Gasteiger partial charge is 0.254 e. The van der Waals surface area contributed by atoms with Crippen molar-refractivity contribution in [1.29, 1.82) is 0 Å². The summed E-state index contributed by atoms with van der Waals surface area (Å²) in [5.41, 5.74) is 6.44. The van der Waals surface area contributed by atoms with Gasteiger partial charge in [0, 0.05) is 12.6 Å². The van der Waals surface area contributed by atoms with Crippen molar-refractivity contribution in [3.8, 4) is 0 Å². The minimum Gasteiger partial charge on any atom is -0.254 e. The zero-order chi connectivity index (χ0) is 16.9. The van der Waals surface area contributed by atoms with Crippen LogP contribution in [0.2, 0.25) is 0 Å². The van der Waals surface area contributed by atoms with Gasteiger partial charge in [0.15, 0.2) is 5.82 Å². The monoisotopic (exact) mass is 316 g/mol. The Labute approximate surface area is 142 Å². The lowest BCUT2D eigenvalue weighted by molar-refractivity contribution is 1.28. The van der Waals surface area contributed by atoms with Crippen LogP contribution in [-0.4, -0.2) is 23.1 Å². The third-order valence-electron chi connectivity index (χ3n) is 3.75. The van der Waals surface area contributed by atoms with Crippen molar-refractivity contribution in [2.75, 3.05) is 0 Å². The number of aryl methyl sites for hydroxylation is 3. The lowest BCUT2D eigenvalue weighted by atomic mass is 10.1. The van der Waals surface area contributed by atoms with Crippen LogP contribution >= 0.6 is 0 Å². The lowest BCUT2D eigenvalue weighted by Crippen LogP contribution is -1.93. The Morgan fingerprint density at radius 3 is 2.50 bits per heavy atom. The van der Waals surface area contributed by atoms with Crippen molar-refractivity contribution in [3.05, 3.63) is 65.0 Å². The minimum atomic E-state index is 0.688. The number of hydrogen-bond donors (Lipinski definition) is 0. The highest BCUT2D eigenvalue weighted by Crippen LogP contribution is 2.25. The van der Waals surface area contributed by atoms with Crippen LogP contribution in [0.3, 0.4) is 0 Å². The van der Waals surface area contributed by atoms with E-state index in [1.807, 2.05) is 24.4 Å². The van der Waals surface area contributed by atoms with Gasteiger partial charge < -0.3 is 0 Å². The Bertz CT molecular complexity index is 835. The van der Waals surface area contributed by atoms with E-state index in [2.05, 4.69) is 58.9 Å². The van der Waals surface area contributed by atoms with Crippen molar-refractivity contribution in [2.45, 2.75) is 27.2 Å². The second-order valence-electron chi connectivity index (χ2n) is 5.89. The molecule has 1 aromatic heterocycles. The van der Waals surface area contributed by atoms with E-state index in [9.17, 15) is 0 Å². The molecular weight excluding hydrogens is 296 g/mol. The number of benzene rings is 1. The molecule has 1 aliphatic heterocycles. The second kappa shape index (κ2) is 7.13. The predicted octanol–water partition coefficient (Wildman–Crippen LogP) is 4.84. The van der Waals surface area contributed by atoms with Gasteiger partial charge in [0.25, 0.3) is 0 Å². The molecule has 0 saturated heterocycles. The average Bonchev–Trinajstić information content (AvgIpc) is 3.01. The summed E-state index contributed by atoms with van der Waals surface area (Å²) in [5, 5.41) is 0. The van der Waals surface area contributed by atoms with Crippen LogP contribution in [0.5, 0.6) is 0 Å². The molecule has 0 bridgehead atoms. The van der Waals surface area contributed by atoms with E-state index in [4.69, 9.17) is 0 Å². The van der Waals surface area contributed by atoms with Crippen LogP contribution in [-0.2, 0) is 0 Å². The summed E-state index contributed by atoms with van der Waals surface area (Å²) in [6.45, 7) is 6.28. The van der Waals surface area contributed by atoms with Crippen molar-refractivity contribution in [1.82, 2.24) is 4.98 Å². The SMILES string of the molecule is Cc1cc(C)c(N=CC2=CCC(/C=N/c3ccccn3)=N2)c(C)c1. The first-order valence-electron chi connectivity index (χ1n) is 7.96. The molecule has 0 atom stereocenters. The molecule has 0 fully saturated rings. The van der Waals surface area contributed by atoms with Gasteiger partial charge in [0.1, 0.15) is 0 Å². The minimum absolute atomic E-state index is 0.688. The quantitative estimate of drug-likeness (QED) is 0.744. The fourth-order valence-corrected chi connectivity index (χ4v) is 2.71. The van der Waals surface area contributed by atoms with Crippen LogP contribution in [0.4, 0.5) is 11.5 Å². The Kier molecular flexibility index (Phi) is 4.75. The molecule has 0 spiro atoms. The Morgan fingerprint density at radius 1 is 1.00 bits per heavy atom. The molecule has 4 heteroatoms. The third kappa shape index (κ3) is 3.90. The first-order valence-corrected chi connectivity index (χ1v) is 7.96. The van der Waals surface area contributed by atoms with Gasteiger partial charge in [-0.15, -0.1) is 0 Å². The van der Waals surface area contributed by atoms with Crippen LogP contribution < -0.4 is 0 Å². The van der Waals surface area contributed by atoms with Crippen LogP contribution in [0.1, 0.15) is 23.1 Å². The Balaban J connectivity index is 1.71. The van der Waals surface area contributed by atoms with Crippen molar-refractivity contribution in [3.63, 3.8) is 0 Å². The fraction of sp³-hybridized carbons (Fsp3) is 0.200. The van der Waals surface area contributed by atoms with Gasteiger partial charge >= 0.3 is 0 Å². The number of rotatable bonds is 4. The molecule has 0 unspecified atom stereocenters. The van der Waals surface area contributed by atoms with E-state index in [1.54, 1.807) is 12.4 Å². The summed E-state index contributed by atoms with van der Waals surface area (Å²) in [6.07, 6.45) is 8.14. The summed E-state index contributed by atoms with van der Waals surface area (Å²) in [5.74, 6) is 0.688. The second-order valence-corrected chi connectivity index (χ2v) is 5.89. The van der Waals surface area contributed by atoms with Gasteiger partial charge in [-0.1, -0.05) is 29.8 Å². The van der Waals surface area contributed by atoms with Gasteiger partial charge in [-0.05, 0) is 44.0 Å². The molecule has 0 saturated carbocycles. The number of aromatic nitrogens is 1.